The van der Waals surface area contributed by atoms with Crippen LogP contribution in [-0.4, -0.2) is 23.2 Å². The van der Waals surface area contributed by atoms with Crippen molar-refractivity contribution in [3.63, 3.8) is 0 Å². The molecule has 0 spiro atoms. The number of hydrogen-bond donors (Lipinski definition) is 2. The standard InChI is InChI=1S/C18H23FN4O2S/c1-18(2,3)25-17(24)21-11-6-7-14(12(19)9-11)23-8-4-5-15(23)13-10-26-16(20)22-13/h6-7,9-10,15H,4-5,8H2,1-3H3,(H2,20,22)(H,21,24)/t15-/m1/s1. The van der Waals surface area contributed by atoms with Crippen molar-refractivity contribution in [2.45, 2.75) is 45.3 Å². The van der Waals surface area contributed by atoms with E-state index in [0.717, 1.165) is 25.1 Å². The molecule has 1 aromatic carbocycles. The highest BCUT2D eigenvalue weighted by molar-refractivity contribution is 7.13. The average molecular weight is 378 g/mol. The molecule has 1 amide bonds. The summed E-state index contributed by atoms with van der Waals surface area (Å²) in [6.07, 6.45) is 1.25. The summed E-state index contributed by atoms with van der Waals surface area (Å²) in [6.45, 7) is 6.07. The van der Waals surface area contributed by atoms with Gasteiger partial charge in [-0.1, -0.05) is 0 Å². The highest BCUT2D eigenvalue weighted by atomic mass is 32.1. The fraction of sp³-hybridized carbons (Fsp3) is 0.444. The van der Waals surface area contributed by atoms with Crippen LogP contribution in [0.1, 0.15) is 45.3 Å². The van der Waals surface area contributed by atoms with E-state index in [4.69, 9.17) is 10.5 Å². The molecule has 1 aliphatic rings. The van der Waals surface area contributed by atoms with Crippen LogP contribution in [0.15, 0.2) is 23.6 Å². The predicted octanol–water partition coefficient (Wildman–Crippen LogP) is 4.55. The zero-order chi connectivity index (χ0) is 18.9. The number of ether oxygens (including phenoxy) is 1. The first-order valence-electron chi connectivity index (χ1n) is 8.50. The third kappa shape index (κ3) is 4.24. The Morgan fingerprint density at radius 1 is 1.46 bits per heavy atom. The minimum Gasteiger partial charge on any atom is -0.444 e. The van der Waals surface area contributed by atoms with E-state index in [1.54, 1.807) is 32.9 Å². The number of aromatic nitrogens is 1. The second kappa shape index (κ2) is 7.11. The molecule has 140 valence electrons. The molecular formula is C18H23FN4O2S. The molecule has 0 unspecified atom stereocenters. The topological polar surface area (TPSA) is 80.5 Å². The van der Waals surface area contributed by atoms with Gasteiger partial charge in [-0.25, -0.2) is 14.2 Å². The van der Waals surface area contributed by atoms with Crippen molar-refractivity contribution >= 4 is 33.9 Å². The van der Waals surface area contributed by atoms with Gasteiger partial charge in [0.05, 0.1) is 17.4 Å². The number of anilines is 3. The van der Waals surface area contributed by atoms with Crippen molar-refractivity contribution in [1.29, 1.82) is 0 Å². The van der Waals surface area contributed by atoms with Crippen LogP contribution in [-0.2, 0) is 4.74 Å². The monoisotopic (exact) mass is 378 g/mol. The molecule has 3 rings (SSSR count). The van der Waals surface area contributed by atoms with Crippen LogP contribution in [0.3, 0.4) is 0 Å². The number of carbonyl (C=O) groups excluding carboxylic acids is 1. The first kappa shape index (κ1) is 18.4. The molecule has 2 heterocycles. The molecule has 6 nitrogen and oxygen atoms in total. The lowest BCUT2D eigenvalue weighted by atomic mass is 10.1. The largest absolute Gasteiger partial charge is 0.444 e. The smallest absolute Gasteiger partial charge is 0.412 e. The zero-order valence-electron chi connectivity index (χ0n) is 15.1. The molecule has 26 heavy (non-hydrogen) atoms. The van der Waals surface area contributed by atoms with Crippen molar-refractivity contribution in [3.05, 3.63) is 35.1 Å². The first-order valence-corrected chi connectivity index (χ1v) is 9.38. The fourth-order valence-corrected chi connectivity index (χ4v) is 3.66. The van der Waals surface area contributed by atoms with Gasteiger partial charge < -0.3 is 15.4 Å². The second-order valence-electron chi connectivity index (χ2n) is 7.26. The van der Waals surface area contributed by atoms with Crippen LogP contribution in [0.4, 0.5) is 25.7 Å². The molecule has 0 saturated carbocycles. The van der Waals surface area contributed by atoms with Gasteiger partial charge in [0, 0.05) is 17.6 Å². The minimum absolute atomic E-state index is 0.0164. The van der Waals surface area contributed by atoms with Gasteiger partial charge in [-0.15, -0.1) is 11.3 Å². The molecular weight excluding hydrogens is 355 g/mol. The van der Waals surface area contributed by atoms with Crippen molar-refractivity contribution in [2.75, 3.05) is 22.5 Å². The maximum Gasteiger partial charge on any atom is 0.412 e. The number of nitrogens with two attached hydrogens (primary N) is 1. The molecule has 1 atom stereocenters. The summed E-state index contributed by atoms with van der Waals surface area (Å²) in [7, 11) is 0. The molecule has 3 N–H and O–H groups in total. The quantitative estimate of drug-likeness (QED) is 0.819. The van der Waals surface area contributed by atoms with Gasteiger partial charge in [0.2, 0.25) is 0 Å². The Morgan fingerprint density at radius 3 is 2.85 bits per heavy atom. The Kier molecular flexibility index (Phi) is 5.04. The van der Waals surface area contributed by atoms with Crippen LogP contribution in [0.5, 0.6) is 0 Å². The Labute approximate surface area is 156 Å². The fourth-order valence-electron chi connectivity index (χ4n) is 3.06. The summed E-state index contributed by atoms with van der Waals surface area (Å²) in [5.74, 6) is -0.395. The number of benzene rings is 1. The Morgan fingerprint density at radius 2 is 2.23 bits per heavy atom. The molecule has 0 radical (unpaired) electrons. The summed E-state index contributed by atoms with van der Waals surface area (Å²) in [6, 6.07) is 4.68. The number of hydrogen-bond acceptors (Lipinski definition) is 6. The highest BCUT2D eigenvalue weighted by Gasteiger charge is 2.30. The van der Waals surface area contributed by atoms with Crippen molar-refractivity contribution in [3.8, 4) is 0 Å². The maximum absolute atomic E-state index is 14.7. The zero-order valence-corrected chi connectivity index (χ0v) is 15.9. The predicted molar refractivity (Wildman–Crippen MR) is 102 cm³/mol. The van der Waals surface area contributed by atoms with E-state index in [0.29, 0.717) is 16.5 Å². The normalized spacial score (nSPS) is 17.4. The lowest BCUT2D eigenvalue weighted by Crippen LogP contribution is -2.27. The molecule has 2 aromatic rings. The van der Waals surface area contributed by atoms with Crippen LogP contribution < -0.4 is 16.0 Å². The number of amides is 1. The Bertz CT molecular complexity index is 803. The molecule has 1 aromatic heterocycles. The van der Waals surface area contributed by atoms with Gasteiger partial charge in [0.1, 0.15) is 11.4 Å². The number of carbonyl (C=O) groups is 1. The van der Waals surface area contributed by atoms with Gasteiger partial charge in [-0.05, 0) is 51.8 Å². The lowest BCUT2D eigenvalue weighted by Gasteiger charge is -2.26. The van der Waals surface area contributed by atoms with Crippen molar-refractivity contribution in [1.82, 2.24) is 4.98 Å². The SMILES string of the molecule is CC(C)(C)OC(=O)Nc1ccc(N2CCC[C@@H]2c2csc(N)n2)c(F)c1. The number of nitrogen functional groups attached to an aromatic ring is 1. The van der Waals surface area contributed by atoms with Gasteiger partial charge in [-0.2, -0.15) is 0 Å². The van der Waals surface area contributed by atoms with Crippen molar-refractivity contribution < 1.29 is 13.9 Å². The summed E-state index contributed by atoms with van der Waals surface area (Å²) >= 11 is 1.39. The third-order valence-corrected chi connectivity index (χ3v) is 4.73. The maximum atomic E-state index is 14.7. The lowest BCUT2D eigenvalue weighted by molar-refractivity contribution is 0.0636. The molecule has 1 aliphatic heterocycles. The molecule has 0 bridgehead atoms. The molecule has 8 heteroatoms. The number of nitrogens with one attached hydrogen (secondary N) is 1. The Balaban J connectivity index is 1.76. The second-order valence-corrected chi connectivity index (χ2v) is 8.14. The van der Waals surface area contributed by atoms with E-state index in [2.05, 4.69) is 10.3 Å². The summed E-state index contributed by atoms with van der Waals surface area (Å²) < 4.78 is 19.9. The van der Waals surface area contributed by atoms with E-state index in [1.165, 1.54) is 17.4 Å². The number of rotatable bonds is 3. The highest BCUT2D eigenvalue weighted by Crippen LogP contribution is 2.38. The van der Waals surface area contributed by atoms with Gasteiger partial charge in [0.25, 0.3) is 0 Å². The number of nitrogens with zero attached hydrogens (tertiary/aromatic N) is 2. The third-order valence-electron chi connectivity index (χ3n) is 4.04. The average Bonchev–Trinajstić information content (AvgIpc) is 3.13. The van der Waals surface area contributed by atoms with Crippen LogP contribution in [0, 0.1) is 5.82 Å². The first-order chi connectivity index (χ1) is 12.2. The minimum atomic E-state index is -0.610. The summed E-state index contributed by atoms with van der Waals surface area (Å²) in [5, 5.41) is 5.00. The van der Waals surface area contributed by atoms with Crippen LogP contribution in [0.25, 0.3) is 0 Å². The van der Waals surface area contributed by atoms with E-state index in [1.807, 2.05) is 10.3 Å². The van der Waals surface area contributed by atoms with E-state index >= 15 is 0 Å². The summed E-state index contributed by atoms with van der Waals surface area (Å²) in [4.78, 5) is 18.2. The van der Waals surface area contributed by atoms with E-state index in [-0.39, 0.29) is 6.04 Å². The van der Waals surface area contributed by atoms with Crippen LogP contribution in [0.2, 0.25) is 0 Å². The van der Waals surface area contributed by atoms with Gasteiger partial charge in [0.15, 0.2) is 5.13 Å². The molecule has 1 saturated heterocycles. The van der Waals surface area contributed by atoms with E-state index in [9.17, 15) is 9.18 Å². The molecule has 1 fully saturated rings. The van der Waals surface area contributed by atoms with Gasteiger partial charge >= 0.3 is 6.09 Å². The number of thiazole rings is 1. The van der Waals surface area contributed by atoms with Crippen LogP contribution >= 0.6 is 11.3 Å². The van der Waals surface area contributed by atoms with Gasteiger partial charge in [-0.3, -0.25) is 5.32 Å². The van der Waals surface area contributed by atoms with Crippen molar-refractivity contribution in [2.24, 2.45) is 0 Å². The molecule has 0 aliphatic carbocycles. The summed E-state index contributed by atoms with van der Waals surface area (Å²) in [5.41, 5.74) is 6.85. The Hall–Kier alpha value is -2.35. The van der Waals surface area contributed by atoms with E-state index < -0.39 is 17.5 Å². The number of halogens is 1.